The molecule has 192 valence electrons. The maximum atomic E-state index is 13.4. The van der Waals surface area contributed by atoms with Gasteiger partial charge in [0.2, 0.25) is 5.13 Å². The molecule has 0 aliphatic carbocycles. The van der Waals surface area contributed by atoms with Crippen molar-refractivity contribution in [2.45, 2.75) is 30.0 Å². The van der Waals surface area contributed by atoms with Gasteiger partial charge in [0.25, 0.3) is 5.78 Å². The highest BCUT2D eigenvalue weighted by Crippen LogP contribution is 2.44. The lowest BCUT2D eigenvalue weighted by molar-refractivity contribution is -0.132. The first kappa shape index (κ1) is 26.9. The van der Waals surface area contributed by atoms with E-state index in [1.165, 1.54) is 28.0 Å². The first-order valence-corrected chi connectivity index (χ1v) is 14.8. The highest BCUT2D eigenvalue weighted by Gasteiger charge is 2.48. The van der Waals surface area contributed by atoms with Gasteiger partial charge in [-0.3, -0.25) is 14.5 Å². The van der Waals surface area contributed by atoms with Crippen molar-refractivity contribution >= 4 is 79.9 Å². The van der Waals surface area contributed by atoms with Crippen LogP contribution in [0.4, 0.5) is 5.13 Å². The predicted octanol–water partition coefficient (Wildman–Crippen LogP) is 7.33. The zero-order valence-corrected chi connectivity index (χ0v) is 24.9. The van der Waals surface area contributed by atoms with Crippen LogP contribution in [0, 0.1) is 17.4 Å². The minimum absolute atomic E-state index is 0.0375. The lowest BCUT2D eigenvalue weighted by Gasteiger charge is -2.22. The highest BCUT2D eigenvalue weighted by atomic mass is 127. The fourth-order valence-electron chi connectivity index (χ4n) is 4.21. The molecule has 1 amide bonds. The Bertz CT molecular complexity index is 1570. The topological polar surface area (TPSA) is 83.4 Å². The van der Waals surface area contributed by atoms with E-state index in [4.69, 9.17) is 11.6 Å². The van der Waals surface area contributed by atoms with Gasteiger partial charge in [-0.2, -0.15) is 0 Å². The molecule has 0 bridgehead atoms. The van der Waals surface area contributed by atoms with E-state index in [2.05, 4.69) is 32.8 Å². The minimum atomic E-state index is -0.839. The van der Waals surface area contributed by atoms with E-state index in [1.54, 1.807) is 0 Å². The van der Waals surface area contributed by atoms with Crippen molar-refractivity contribution < 1.29 is 14.7 Å². The smallest absolute Gasteiger partial charge is 0.301 e. The Morgan fingerprint density at radius 2 is 1.76 bits per heavy atom. The number of benzene rings is 3. The van der Waals surface area contributed by atoms with Crippen LogP contribution in [0.2, 0.25) is 5.02 Å². The summed E-state index contributed by atoms with van der Waals surface area (Å²) in [5.41, 5.74) is 4.07. The fourth-order valence-corrected chi connectivity index (χ4v) is 6.52. The van der Waals surface area contributed by atoms with Crippen molar-refractivity contribution in [2.24, 2.45) is 0 Å². The molecular formula is C28H21ClIN3O3S2. The van der Waals surface area contributed by atoms with Gasteiger partial charge in [0.15, 0.2) is 4.34 Å². The van der Waals surface area contributed by atoms with Crippen LogP contribution in [0.3, 0.4) is 0 Å². The molecule has 0 spiro atoms. The van der Waals surface area contributed by atoms with Crippen LogP contribution >= 0.6 is 57.3 Å². The van der Waals surface area contributed by atoms with Crippen molar-refractivity contribution in [1.82, 2.24) is 10.2 Å². The number of aliphatic hydroxyl groups is 1. The number of nitrogens with zero attached hydrogens (tertiary/aromatic N) is 3. The molecule has 38 heavy (non-hydrogen) atoms. The third kappa shape index (κ3) is 5.38. The van der Waals surface area contributed by atoms with Crippen molar-refractivity contribution in [3.8, 4) is 0 Å². The molecule has 5 rings (SSSR count). The number of rotatable bonds is 6. The van der Waals surface area contributed by atoms with Crippen molar-refractivity contribution in [1.29, 1.82) is 0 Å². The Hall–Kier alpha value is -2.73. The minimum Gasteiger partial charge on any atom is -0.507 e. The van der Waals surface area contributed by atoms with E-state index in [9.17, 15) is 14.7 Å². The third-order valence-corrected chi connectivity index (χ3v) is 9.25. The molecule has 1 aliphatic heterocycles. The number of aryl methyl sites for hydroxylation is 2. The molecular weight excluding hydrogens is 653 g/mol. The lowest BCUT2D eigenvalue weighted by Crippen LogP contribution is -2.29. The van der Waals surface area contributed by atoms with E-state index >= 15 is 0 Å². The maximum absolute atomic E-state index is 13.4. The van der Waals surface area contributed by atoms with Gasteiger partial charge in [-0.05, 0) is 83.5 Å². The van der Waals surface area contributed by atoms with Gasteiger partial charge in [-0.25, -0.2) is 0 Å². The second-order valence-corrected chi connectivity index (χ2v) is 12.7. The number of anilines is 1. The van der Waals surface area contributed by atoms with Crippen molar-refractivity contribution in [3.63, 3.8) is 0 Å². The molecule has 1 atom stereocenters. The van der Waals surface area contributed by atoms with E-state index in [-0.39, 0.29) is 11.3 Å². The summed E-state index contributed by atoms with van der Waals surface area (Å²) < 4.78 is 1.67. The van der Waals surface area contributed by atoms with Crippen LogP contribution in [0.15, 0.2) is 76.6 Å². The molecule has 6 nitrogen and oxygen atoms in total. The first-order valence-electron chi connectivity index (χ1n) is 11.6. The van der Waals surface area contributed by atoms with E-state index in [0.717, 1.165) is 20.3 Å². The molecule has 1 unspecified atom stereocenters. The van der Waals surface area contributed by atoms with Crippen LogP contribution in [0.1, 0.15) is 33.9 Å². The maximum Gasteiger partial charge on any atom is 0.301 e. The number of ketones is 1. The quantitative estimate of drug-likeness (QED) is 0.0577. The van der Waals surface area contributed by atoms with Gasteiger partial charge in [0.1, 0.15) is 5.76 Å². The summed E-state index contributed by atoms with van der Waals surface area (Å²) >= 11 is 10.9. The van der Waals surface area contributed by atoms with E-state index in [0.29, 0.717) is 31.4 Å². The van der Waals surface area contributed by atoms with Gasteiger partial charge in [0.05, 0.1) is 11.6 Å². The van der Waals surface area contributed by atoms with Crippen LogP contribution in [0.5, 0.6) is 0 Å². The van der Waals surface area contributed by atoms with Crippen molar-refractivity contribution in [2.75, 3.05) is 4.90 Å². The number of amides is 1. The van der Waals surface area contributed by atoms with E-state index in [1.807, 2.05) is 80.6 Å². The second kappa shape index (κ2) is 11.2. The van der Waals surface area contributed by atoms with Crippen LogP contribution in [-0.2, 0) is 15.3 Å². The molecule has 3 aromatic carbocycles. The summed E-state index contributed by atoms with van der Waals surface area (Å²) in [5.74, 6) is -1.04. The monoisotopic (exact) mass is 673 g/mol. The molecule has 1 saturated heterocycles. The Balaban J connectivity index is 1.55. The second-order valence-electron chi connectivity index (χ2n) is 8.80. The van der Waals surface area contributed by atoms with Gasteiger partial charge in [0, 0.05) is 19.9 Å². The number of Topliss-reactive ketones (excluding diaryl/α,β-unsaturated/α-hetero) is 1. The van der Waals surface area contributed by atoms with Crippen LogP contribution in [0.25, 0.3) is 5.76 Å². The molecule has 0 saturated carbocycles. The largest absolute Gasteiger partial charge is 0.507 e. The van der Waals surface area contributed by atoms with Crippen molar-refractivity contribution in [3.05, 3.63) is 109 Å². The lowest BCUT2D eigenvalue weighted by atomic mass is 9.93. The summed E-state index contributed by atoms with van der Waals surface area (Å²) in [4.78, 5) is 28.2. The van der Waals surface area contributed by atoms with Crippen LogP contribution in [-0.4, -0.2) is 27.0 Å². The number of carbonyl (C=O) groups excluding carboxylic acids is 2. The summed E-state index contributed by atoms with van der Waals surface area (Å²) in [6.07, 6.45) is 0. The normalized spacial score (nSPS) is 16.8. The first-order chi connectivity index (χ1) is 18.2. The molecule has 1 aromatic heterocycles. The zero-order valence-electron chi connectivity index (χ0n) is 20.3. The number of aliphatic hydroxyl groups excluding tert-OH is 1. The van der Waals surface area contributed by atoms with Gasteiger partial charge < -0.3 is 5.11 Å². The zero-order chi connectivity index (χ0) is 27.0. The standard InChI is InChI=1S/C28H21ClIN3O3S2/c1-15-3-4-16(2)21(13-15)24(34)22-23(18-7-11-20(30)12-8-18)33(26(36)25(22)35)27-31-32-28(38-27)37-14-17-5-9-19(29)10-6-17/h3-13,23,34H,14H2,1-2H3. The molecule has 0 radical (unpaired) electrons. The average Bonchev–Trinajstić information content (AvgIpc) is 3.47. The SMILES string of the molecule is Cc1ccc(C)c(C(O)=C2C(=O)C(=O)N(c3nnc(SCc4ccc(Cl)cc4)s3)C2c2ccc(I)cc2)c1. The summed E-state index contributed by atoms with van der Waals surface area (Å²) in [6, 6.07) is 19.9. The number of hydrogen-bond donors (Lipinski definition) is 1. The average molecular weight is 674 g/mol. The molecule has 2 heterocycles. The number of aromatic nitrogens is 2. The predicted molar refractivity (Wildman–Crippen MR) is 161 cm³/mol. The number of thioether (sulfide) groups is 1. The van der Waals surface area contributed by atoms with E-state index < -0.39 is 17.7 Å². The Morgan fingerprint density at radius 1 is 1.05 bits per heavy atom. The fraction of sp³-hybridized carbons (Fsp3) is 0.143. The van der Waals surface area contributed by atoms with Gasteiger partial charge in [-0.1, -0.05) is 76.7 Å². The summed E-state index contributed by atoms with van der Waals surface area (Å²) in [5, 5.41) is 20.9. The Morgan fingerprint density at radius 3 is 2.47 bits per heavy atom. The van der Waals surface area contributed by atoms with Gasteiger partial charge >= 0.3 is 5.91 Å². The molecule has 10 heteroatoms. The summed E-state index contributed by atoms with van der Waals surface area (Å²) in [6.45, 7) is 3.77. The molecule has 1 N–H and O–H groups in total. The Labute approximate surface area is 246 Å². The summed E-state index contributed by atoms with van der Waals surface area (Å²) in [7, 11) is 0. The third-order valence-electron chi connectivity index (χ3n) is 6.16. The Kier molecular flexibility index (Phi) is 7.90. The molecule has 1 aliphatic rings. The number of hydrogen-bond acceptors (Lipinski definition) is 7. The molecule has 1 fully saturated rings. The van der Waals surface area contributed by atoms with Gasteiger partial charge in [-0.15, -0.1) is 10.2 Å². The number of carbonyl (C=O) groups is 2. The highest BCUT2D eigenvalue weighted by molar-refractivity contribution is 14.1. The molecule has 4 aromatic rings. The number of halogens is 2. The van der Waals surface area contributed by atoms with Crippen LogP contribution < -0.4 is 4.90 Å².